The van der Waals surface area contributed by atoms with Gasteiger partial charge in [0, 0.05) is 13.6 Å². The molecular formula is C15H20N4O5S2. The minimum absolute atomic E-state index is 0.0663. The number of thiocarbonyl (C=S) groups is 1. The number of amides is 1. The fourth-order valence-corrected chi connectivity index (χ4v) is 3.10. The number of hydrogen-bond donors (Lipinski definition) is 2. The second-order valence-electron chi connectivity index (χ2n) is 5.40. The molecule has 2 unspecified atom stereocenters. The highest BCUT2D eigenvalue weighted by Crippen LogP contribution is 2.30. The summed E-state index contributed by atoms with van der Waals surface area (Å²) >= 11 is 4.90. The summed E-state index contributed by atoms with van der Waals surface area (Å²) in [4.78, 5) is 13.7. The summed E-state index contributed by atoms with van der Waals surface area (Å²) in [6.45, 7) is 0.624. The summed E-state index contributed by atoms with van der Waals surface area (Å²) in [5, 5.41) is 5.34. The van der Waals surface area contributed by atoms with Crippen LogP contribution in [0, 0.1) is 0 Å². The van der Waals surface area contributed by atoms with E-state index in [4.69, 9.17) is 21.7 Å². The molecule has 1 aromatic carbocycles. The molecule has 1 heterocycles. The normalized spacial score (nSPS) is 20.1. The number of benzene rings is 1. The molecule has 9 nitrogen and oxygen atoms in total. The molecule has 2 atom stereocenters. The number of rotatable bonds is 5. The van der Waals surface area contributed by atoms with Crippen LogP contribution in [-0.4, -0.2) is 64.4 Å². The molecule has 1 amide bonds. The van der Waals surface area contributed by atoms with Crippen molar-refractivity contribution in [3.8, 4) is 5.75 Å². The Hall–Kier alpha value is -2.08. The number of methoxy groups -OCH3 is 1. The van der Waals surface area contributed by atoms with Crippen molar-refractivity contribution in [2.45, 2.75) is 12.3 Å². The highest BCUT2D eigenvalue weighted by atomic mass is 32.2. The van der Waals surface area contributed by atoms with Crippen LogP contribution in [0.3, 0.4) is 0 Å². The molecule has 1 aliphatic rings. The third-order valence-electron chi connectivity index (χ3n) is 3.79. The first-order valence-electron chi connectivity index (χ1n) is 7.76. The van der Waals surface area contributed by atoms with E-state index in [1.54, 1.807) is 43.3 Å². The third-order valence-corrected chi connectivity index (χ3v) is 4.48. The topological polar surface area (TPSA) is 109 Å². The summed E-state index contributed by atoms with van der Waals surface area (Å²) in [6, 6.07) is 7.06. The van der Waals surface area contributed by atoms with Crippen LogP contribution in [0.2, 0.25) is 0 Å². The summed E-state index contributed by atoms with van der Waals surface area (Å²) < 4.78 is 37.0. The van der Waals surface area contributed by atoms with Crippen molar-refractivity contribution in [2.75, 3.05) is 33.9 Å². The Morgan fingerprint density at radius 1 is 1.42 bits per heavy atom. The summed E-state index contributed by atoms with van der Waals surface area (Å²) in [7, 11) is 0.497. The van der Waals surface area contributed by atoms with Crippen LogP contribution in [0.5, 0.6) is 5.75 Å². The van der Waals surface area contributed by atoms with Gasteiger partial charge in [-0.05, 0) is 29.9 Å². The van der Waals surface area contributed by atoms with E-state index < -0.39 is 22.8 Å². The van der Waals surface area contributed by atoms with Crippen molar-refractivity contribution in [1.29, 1.82) is 0 Å². The second kappa shape index (κ2) is 9.57. The molecule has 1 saturated heterocycles. The zero-order valence-corrected chi connectivity index (χ0v) is 16.0. The minimum atomic E-state index is -2.65. The molecule has 1 aliphatic heterocycles. The van der Waals surface area contributed by atoms with Crippen molar-refractivity contribution in [2.24, 2.45) is 4.36 Å². The Morgan fingerprint density at radius 2 is 2.12 bits per heavy atom. The predicted molar refractivity (Wildman–Crippen MR) is 98.2 cm³/mol. The maximum absolute atomic E-state index is 12.1. The Bertz CT molecular complexity index is 774. The van der Waals surface area contributed by atoms with E-state index in [1.165, 1.54) is 0 Å². The Labute approximate surface area is 158 Å². The summed E-state index contributed by atoms with van der Waals surface area (Å²) in [5.74, 6) is 0.305. The van der Waals surface area contributed by atoms with Gasteiger partial charge < -0.3 is 20.1 Å². The van der Waals surface area contributed by atoms with Crippen molar-refractivity contribution >= 4 is 33.7 Å². The number of carbonyl (C=O) groups excluding carboxylic acids is 1. The van der Waals surface area contributed by atoms with E-state index >= 15 is 0 Å². The molecule has 1 fully saturated rings. The first-order chi connectivity index (χ1) is 12.4. The average molecular weight is 400 g/mol. The van der Waals surface area contributed by atoms with Crippen LogP contribution in [0.4, 0.5) is 0 Å². The number of nitrogens with zero attached hydrogens (tertiary/aromatic N) is 2. The van der Waals surface area contributed by atoms with Crippen molar-refractivity contribution in [3.05, 3.63) is 29.8 Å². The van der Waals surface area contributed by atoms with Crippen LogP contribution in [0.15, 0.2) is 28.6 Å². The molecule has 0 spiro atoms. The Morgan fingerprint density at radius 3 is 2.69 bits per heavy atom. The van der Waals surface area contributed by atoms with E-state index in [9.17, 15) is 13.2 Å². The van der Waals surface area contributed by atoms with Gasteiger partial charge >= 0.3 is 10.5 Å². The lowest BCUT2D eigenvalue weighted by Crippen LogP contribution is -2.51. The van der Waals surface area contributed by atoms with Crippen LogP contribution in [-0.2, 0) is 20.0 Å². The van der Waals surface area contributed by atoms with Gasteiger partial charge in [0.25, 0.3) is 0 Å². The highest BCUT2D eigenvalue weighted by molar-refractivity contribution is 7.80. The fourth-order valence-electron chi connectivity index (χ4n) is 2.56. The van der Waals surface area contributed by atoms with Crippen LogP contribution in [0.1, 0.15) is 11.7 Å². The molecule has 0 radical (unpaired) electrons. The van der Waals surface area contributed by atoms with E-state index in [0.29, 0.717) is 18.9 Å². The van der Waals surface area contributed by atoms with Crippen molar-refractivity contribution in [3.63, 3.8) is 0 Å². The van der Waals surface area contributed by atoms with Gasteiger partial charge in [-0.1, -0.05) is 12.1 Å². The van der Waals surface area contributed by atoms with Gasteiger partial charge in [0.2, 0.25) is 5.91 Å². The molecular weight excluding hydrogens is 380 g/mol. The minimum Gasteiger partial charge on any atom is -0.497 e. The largest absolute Gasteiger partial charge is 0.497 e. The molecule has 142 valence electrons. The maximum Gasteiger partial charge on any atom is 0.312 e. The SMILES string of the molecule is CNC(=S)NC(=O)CN1CCOC(c2ccc(OC)cc2)C1N=S(=O)=O. The van der Waals surface area contributed by atoms with Crippen molar-refractivity contribution in [1.82, 2.24) is 15.5 Å². The molecule has 2 rings (SSSR count). The Balaban J connectivity index is 2.23. The molecule has 0 aromatic heterocycles. The van der Waals surface area contributed by atoms with Gasteiger partial charge in [-0.15, -0.1) is 4.36 Å². The zero-order valence-electron chi connectivity index (χ0n) is 14.3. The van der Waals surface area contributed by atoms with Crippen LogP contribution >= 0.6 is 12.2 Å². The summed E-state index contributed by atoms with van der Waals surface area (Å²) in [6.07, 6.45) is -1.49. The zero-order chi connectivity index (χ0) is 19.1. The van der Waals surface area contributed by atoms with Gasteiger partial charge in [-0.3, -0.25) is 9.69 Å². The lowest BCUT2D eigenvalue weighted by molar-refractivity contribution is -0.126. The number of ether oxygens (including phenoxy) is 2. The number of carbonyl (C=O) groups is 1. The standard InChI is InChI=1S/C15H20N4O5S2/c1-16-15(25)17-12(20)9-19-7-8-24-13(14(19)18-26(21)22)10-3-5-11(23-2)6-4-10/h3-6,13-14H,7-9H2,1-2H3,(H2,16,17,20,25). The van der Waals surface area contributed by atoms with Gasteiger partial charge in [0.1, 0.15) is 11.9 Å². The molecule has 0 saturated carbocycles. The fraction of sp³-hybridized carbons (Fsp3) is 0.467. The summed E-state index contributed by atoms with van der Waals surface area (Å²) in [5.41, 5.74) is 0.737. The van der Waals surface area contributed by atoms with Crippen LogP contribution < -0.4 is 15.4 Å². The molecule has 26 heavy (non-hydrogen) atoms. The lowest BCUT2D eigenvalue weighted by Gasteiger charge is -2.37. The van der Waals surface area contributed by atoms with Crippen LogP contribution in [0.25, 0.3) is 0 Å². The average Bonchev–Trinajstić information content (AvgIpc) is 2.62. The molecule has 0 aliphatic carbocycles. The van der Waals surface area contributed by atoms with Gasteiger partial charge in [0.15, 0.2) is 11.3 Å². The first-order valence-corrected chi connectivity index (χ1v) is 9.20. The molecule has 0 bridgehead atoms. The smallest absolute Gasteiger partial charge is 0.312 e. The quantitative estimate of drug-likeness (QED) is 0.669. The van der Waals surface area contributed by atoms with Gasteiger partial charge in [-0.25, -0.2) is 0 Å². The monoisotopic (exact) mass is 400 g/mol. The molecule has 1 aromatic rings. The first kappa shape index (κ1) is 20.2. The van der Waals surface area contributed by atoms with E-state index in [-0.39, 0.29) is 17.6 Å². The van der Waals surface area contributed by atoms with Gasteiger partial charge in [0.05, 0.1) is 20.3 Å². The maximum atomic E-state index is 12.1. The van der Waals surface area contributed by atoms with Gasteiger partial charge in [-0.2, -0.15) is 8.42 Å². The third kappa shape index (κ3) is 5.46. The van der Waals surface area contributed by atoms with E-state index in [2.05, 4.69) is 15.0 Å². The second-order valence-corrected chi connectivity index (χ2v) is 6.45. The van der Waals surface area contributed by atoms with E-state index in [0.717, 1.165) is 5.56 Å². The highest BCUT2D eigenvalue weighted by Gasteiger charge is 2.35. The van der Waals surface area contributed by atoms with E-state index in [1.807, 2.05) is 0 Å². The Kier molecular flexibility index (Phi) is 7.45. The lowest BCUT2D eigenvalue weighted by atomic mass is 10.0. The molecule has 2 N–H and O–H groups in total. The number of nitrogens with one attached hydrogen (secondary N) is 2. The number of hydrogen-bond acceptors (Lipinski definition) is 8. The molecule has 11 heteroatoms. The van der Waals surface area contributed by atoms with Crippen molar-refractivity contribution < 1.29 is 22.7 Å². The predicted octanol–water partition coefficient (Wildman–Crippen LogP) is 0.0778. The number of morpholine rings is 1.